The summed E-state index contributed by atoms with van der Waals surface area (Å²) < 4.78 is 18.8. The van der Waals surface area contributed by atoms with Gasteiger partial charge in [-0.25, -0.2) is 4.39 Å². The van der Waals surface area contributed by atoms with Crippen LogP contribution < -0.4 is 4.90 Å². The number of anilines is 1. The molecule has 1 N–H and O–H groups in total. The number of aromatic hydroxyl groups is 1. The van der Waals surface area contributed by atoms with E-state index in [4.69, 9.17) is 4.42 Å². The van der Waals surface area contributed by atoms with Gasteiger partial charge in [0.25, 0.3) is 0 Å². The molecule has 3 aliphatic rings. The molecule has 144 valence electrons. The van der Waals surface area contributed by atoms with Crippen LogP contribution in [-0.2, 0) is 0 Å². The lowest BCUT2D eigenvalue weighted by Gasteiger charge is -2.48. The molecule has 2 aliphatic heterocycles. The number of aromatic nitrogens is 2. The Kier molecular flexibility index (Phi) is 4.07. The minimum Gasteiger partial charge on any atom is -0.508 e. The lowest BCUT2D eigenvalue weighted by molar-refractivity contribution is 0.129. The van der Waals surface area contributed by atoms with E-state index in [0.29, 0.717) is 17.5 Å². The number of benzene rings is 1. The van der Waals surface area contributed by atoms with E-state index >= 15 is 0 Å². The third kappa shape index (κ3) is 3.08. The summed E-state index contributed by atoms with van der Waals surface area (Å²) in [6, 6.07) is 5.57. The molecule has 5 rings (SSSR count). The highest BCUT2D eigenvalue weighted by Gasteiger charge is 2.50. The highest BCUT2D eigenvalue weighted by Crippen LogP contribution is 2.48. The molecule has 7 heteroatoms. The summed E-state index contributed by atoms with van der Waals surface area (Å²) in [5.41, 5.74) is 1.17. The standard InChI is InChI=1S/C20H25FN4O2/c21-15-1-2-18(26)17(9-15)14-4-7-24(8-5-14)16-3-6-20(10-16)11-25(12-20)19-23-22-13-27-19/h1-2,9,13-14,16,26H,3-8,10-12H2. The van der Waals surface area contributed by atoms with Gasteiger partial charge in [-0.2, -0.15) is 0 Å². The summed E-state index contributed by atoms with van der Waals surface area (Å²) in [7, 11) is 0. The minimum absolute atomic E-state index is 0.227. The molecule has 1 atom stereocenters. The van der Waals surface area contributed by atoms with E-state index in [-0.39, 0.29) is 17.5 Å². The van der Waals surface area contributed by atoms with Crippen molar-refractivity contribution in [3.05, 3.63) is 36.0 Å². The quantitative estimate of drug-likeness (QED) is 0.893. The molecule has 3 heterocycles. The van der Waals surface area contributed by atoms with Crippen LogP contribution in [-0.4, -0.2) is 52.4 Å². The molecule has 1 aromatic heterocycles. The molecular formula is C20H25FN4O2. The molecular weight excluding hydrogens is 347 g/mol. The fraction of sp³-hybridized carbons (Fsp3) is 0.600. The fourth-order valence-corrected chi connectivity index (χ4v) is 5.41. The molecule has 1 aromatic carbocycles. The zero-order valence-electron chi connectivity index (χ0n) is 15.4. The highest BCUT2D eigenvalue weighted by molar-refractivity contribution is 5.36. The maximum Gasteiger partial charge on any atom is 0.317 e. The average molecular weight is 372 g/mol. The Morgan fingerprint density at radius 2 is 2.00 bits per heavy atom. The first-order valence-corrected chi connectivity index (χ1v) is 9.85. The monoisotopic (exact) mass is 372 g/mol. The third-order valence-electron chi connectivity index (χ3n) is 6.82. The SMILES string of the molecule is Oc1ccc(F)cc1C1CCN(C2CCC3(C2)CN(c2nnco2)C3)CC1. The molecule has 2 aromatic rings. The van der Waals surface area contributed by atoms with E-state index in [2.05, 4.69) is 20.0 Å². The van der Waals surface area contributed by atoms with Crippen molar-refractivity contribution in [2.45, 2.75) is 44.1 Å². The fourth-order valence-electron chi connectivity index (χ4n) is 5.41. The molecule has 27 heavy (non-hydrogen) atoms. The predicted octanol–water partition coefficient (Wildman–Crippen LogP) is 3.15. The van der Waals surface area contributed by atoms with Crippen LogP contribution in [0.25, 0.3) is 0 Å². The maximum absolute atomic E-state index is 13.5. The normalized spacial score (nSPS) is 25.8. The number of likely N-dealkylation sites (tertiary alicyclic amines) is 1. The second-order valence-electron chi connectivity index (χ2n) is 8.49. The number of nitrogens with zero attached hydrogens (tertiary/aromatic N) is 4. The van der Waals surface area contributed by atoms with Gasteiger partial charge >= 0.3 is 6.01 Å². The molecule has 1 saturated carbocycles. The van der Waals surface area contributed by atoms with Gasteiger partial charge in [0, 0.05) is 24.5 Å². The first-order chi connectivity index (χ1) is 13.1. The van der Waals surface area contributed by atoms with Crippen molar-refractivity contribution in [3.8, 4) is 5.75 Å². The van der Waals surface area contributed by atoms with E-state index in [1.165, 1.54) is 43.9 Å². The van der Waals surface area contributed by atoms with Crippen LogP contribution in [0.5, 0.6) is 5.75 Å². The summed E-state index contributed by atoms with van der Waals surface area (Å²) in [6.07, 6.45) is 7.08. The molecule has 1 unspecified atom stereocenters. The molecule has 2 saturated heterocycles. The van der Waals surface area contributed by atoms with Crippen LogP contribution in [0.2, 0.25) is 0 Å². The number of rotatable bonds is 3. The first-order valence-electron chi connectivity index (χ1n) is 9.85. The van der Waals surface area contributed by atoms with Gasteiger partial charge < -0.3 is 19.3 Å². The highest BCUT2D eigenvalue weighted by atomic mass is 19.1. The lowest BCUT2D eigenvalue weighted by Crippen LogP contribution is -2.56. The van der Waals surface area contributed by atoms with Crippen LogP contribution in [0.1, 0.15) is 43.6 Å². The molecule has 0 amide bonds. The van der Waals surface area contributed by atoms with Crippen molar-refractivity contribution in [1.29, 1.82) is 0 Å². The van der Waals surface area contributed by atoms with Crippen molar-refractivity contribution in [2.75, 3.05) is 31.1 Å². The van der Waals surface area contributed by atoms with E-state index in [0.717, 1.165) is 44.6 Å². The predicted molar refractivity (Wildman–Crippen MR) is 98.2 cm³/mol. The summed E-state index contributed by atoms with van der Waals surface area (Å²) in [6.45, 7) is 4.07. The molecule has 1 aliphatic carbocycles. The average Bonchev–Trinajstić information content (AvgIpc) is 3.32. The van der Waals surface area contributed by atoms with Crippen molar-refractivity contribution in [3.63, 3.8) is 0 Å². The van der Waals surface area contributed by atoms with Gasteiger partial charge in [0.05, 0.1) is 0 Å². The summed E-state index contributed by atoms with van der Waals surface area (Å²) in [5, 5.41) is 17.8. The van der Waals surface area contributed by atoms with E-state index in [9.17, 15) is 9.50 Å². The smallest absolute Gasteiger partial charge is 0.317 e. The second-order valence-corrected chi connectivity index (χ2v) is 8.49. The molecule has 0 radical (unpaired) electrons. The zero-order valence-corrected chi connectivity index (χ0v) is 15.4. The van der Waals surface area contributed by atoms with Crippen molar-refractivity contribution in [2.24, 2.45) is 5.41 Å². The first kappa shape index (κ1) is 17.0. The molecule has 3 fully saturated rings. The van der Waals surface area contributed by atoms with Crippen molar-refractivity contribution < 1.29 is 13.9 Å². The summed E-state index contributed by atoms with van der Waals surface area (Å²) in [4.78, 5) is 4.78. The van der Waals surface area contributed by atoms with Gasteiger partial charge in [-0.15, -0.1) is 5.10 Å². The Hall–Kier alpha value is -2.15. The van der Waals surface area contributed by atoms with Gasteiger partial charge in [-0.3, -0.25) is 0 Å². The number of piperidine rings is 1. The Morgan fingerprint density at radius 1 is 1.19 bits per heavy atom. The Balaban J connectivity index is 1.16. The molecule has 0 bridgehead atoms. The minimum atomic E-state index is -0.265. The Morgan fingerprint density at radius 3 is 2.74 bits per heavy atom. The maximum atomic E-state index is 13.5. The Labute approximate surface area is 158 Å². The number of phenolic OH excluding ortho intramolecular Hbond substituents is 1. The van der Waals surface area contributed by atoms with Gasteiger partial charge in [-0.1, -0.05) is 5.10 Å². The Bertz CT molecular complexity index is 798. The van der Waals surface area contributed by atoms with E-state index in [1.807, 2.05) is 0 Å². The summed E-state index contributed by atoms with van der Waals surface area (Å²) in [5.74, 6) is 0.216. The van der Waals surface area contributed by atoms with Crippen LogP contribution >= 0.6 is 0 Å². The van der Waals surface area contributed by atoms with E-state index < -0.39 is 0 Å². The number of hydrogen-bond donors (Lipinski definition) is 1. The topological polar surface area (TPSA) is 65.6 Å². The number of halogens is 1. The third-order valence-corrected chi connectivity index (χ3v) is 6.82. The van der Waals surface area contributed by atoms with Crippen molar-refractivity contribution >= 4 is 6.01 Å². The van der Waals surface area contributed by atoms with Crippen molar-refractivity contribution in [1.82, 2.24) is 15.1 Å². The van der Waals surface area contributed by atoms with Gasteiger partial charge in [0.1, 0.15) is 11.6 Å². The van der Waals surface area contributed by atoms with Gasteiger partial charge in [0.2, 0.25) is 6.39 Å². The van der Waals surface area contributed by atoms with Gasteiger partial charge in [-0.05, 0) is 74.9 Å². The van der Waals surface area contributed by atoms with E-state index in [1.54, 1.807) is 0 Å². The zero-order chi connectivity index (χ0) is 18.4. The van der Waals surface area contributed by atoms with Crippen LogP contribution in [0.4, 0.5) is 10.4 Å². The van der Waals surface area contributed by atoms with Gasteiger partial charge in [0.15, 0.2) is 0 Å². The lowest BCUT2D eigenvalue weighted by atomic mass is 9.78. The van der Waals surface area contributed by atoms with Crippen LogP contribution in [0, 0.1) is 11.2 Å². The van der Waals surface area contributed by atoms with Crippen LogP contribution in [0.3, 0.4) is 0 Å². The number of hydrogen-bond acceptors (Lipinski definition) is 6. The molecule has 6 nitrogen and oxygen atoms in total. The number of phenols is 1. The van der Waals surface area contributed by atoms with Crippen LogP contribution in [0.15, 0.2) is 29.0 Å². The largest absolute Gasteiger partial charge is 0.508 e. The summed E-state index contributed by atoms with van der Waals surface area (Å²) >= 11 is 0. The second kappa shape index (κ2) is 6.48. The molecule has 1 spiro atoms.